The van der Waals surface area contributed by atoms with Crippen molar-refractivity contribution in [2.24, 2.45) is 5.92 Å². The molecule has 4 rings (SSSR count). The van der Waals surface area contributed by atoms with Crippen molar-refractivity contribution < 1.29 is 29.0 Å². The quantitative estimate of drug-likeness (QED) is 0.776. The van der Waals surface area contributed by atoms with Crippen LogP contribution in [0.25, 0.3) is 0 Å². The second kappa shape index (κ2) is 7.83. The third-order valence-electron chi connectivity index (χ3n) is 4.97. The lowest BCUT2D eigenvalue weighted by molar-refractivity contribution is -0.138. The third-order valence-corrected chi connectivity index (χ3v) is 4.97. The van der Waals surface area contributed by atoms with Crippen LogP contribution in [0.4, 0.5) is 11.4 Å². The summed E-state index contributed by atoms with van der Waals surface area (Å²) in [6.07, 6.45) is 0.315. The minimum Gasteiger partial charge on any atom is -0.486 e. The lowest BCUT2D eigenvalue weighted by atomic mass is 10.1. The van der Waals surface area contributed by atoms with Crippen LogP contribution in [0.2, 0.25) is 0 Å². The maximum absolute atomic E-state index is 13.1. The van der Waals surface area contributed by atoms with Gasteiger partial charge in [-0.2, -0.15) is 0 Å². The first kappa shape index (κ1) is 18.8. The Morgan fingerprint density at radius 3 is 2.52 bits per heavy atom. The molecule has 2 aliphatic heterocycles. The Balaban J connectivity index is 1.56. The van der Waals surface area contributed by atoms with Crippen LogP contribution >= 0.6 is 0 Å². The van der Waals surface area contributed by atoms with Crippen molar-refractivity contribution in [3.63, 3.8) is 0 Å². The number of hydrogen-bond donors (Lipinski definition) is 1. The highest BCUT2D eigenvalue weighted by atomic mass is 16.6. The van der Waals surface area contributed by atoms with E-state index in [9.17, 15) is 19.5 Å². The monoisotopic (exact) mass is 396 g/mol. The topological polar surface area (TPSA) is 96.4 Å². The number of nitrogens with zero attached hydrogens (tertiary/aromatic N) is 2. The molecule has 0 radical (unpaired) electrons. The Bertz CT molecular complexity index is 945. The number of rotatable bonds is 5. The van der Waals surface area contributed by atoms with Crippen molar-refractivity contribution in [1.29, 1.82) is 0 Å². The number of carbonyl (C=O) groups is 3. The van der Waals surface area contributed by atoms with Crippen LogP contribution in [0.15, 0.2) is 48.5 Å². The highest BCUT2D eigenvalue weighted by Gasteiger charge is 2.40. The standard InChI is InChI=1S/C21H20N2O6/c24-19(25)13-23(14-4-2-1-3-5-14)21(27)16-8-9-22(20(16)26)15-6-7-17-18(12-15)29-11-10-28-17/h1-7,12,16H,8-11,13H2,(H,24,25). The minimum absolute atomic E-state index is 0.315. The second-order valence-electron chi connectivity index (χ2n) is 6.81. The lowest BCUT2D eigenvalue weighted by Crippen LogP contribution is -2.42. The molecule has 0 saturated carbocycles. The van der Waals surface area contributed by atoms with Gasteiger partial charge in [0.05, 0.1) is 0 Å². The number of carboxylic acid groups (broad SMARTS) is 1. The van der Waals surface area contributed by atoms with Gasteiger partial charge in [0.1, 0.15) is 25.7 Å². The van der Waals surface area contributed by atoms with E-state index in [0.717, 1.165) is 4.90 Å². The molecule has 2 aromatic rings. The fraction of sp³-hybridized carbons (Fsp3) is 0.286. The van der Waals surface area contributed by atoms with Crippen LogP contribution in [0.1, 0.15) is 6.42 Å². The molecule has 2 aliphatic rings. The Morgan fingerprint density at radius 1 is 1.07 bits per heavy atom. The third kappa shape index (κ3) is 3.73. The number of aliphatic carboxylic acids is 1. The summed E-state index contributed by atoms with van der Waals surface area (Å²) in [5.41, 5.74) is 1.07. The van der Waals surface area contributed by atoms with Gasteiger partial charge in [-0.05, 0) is 30.7 Å². The number of benzene rings is 2. The van der Waals surface area contributed by atoms with Crippen molar-refractivity contribution in [2.75, 3.05) is 36.1 Å². The fourth-order valence-corrected chi connectivity index (χ4v) is 3.59. The zero-order valence-corrected chi connectivity index (χ0v) is 15.6. The summed E-state index contributed by atoms with van der Waals surface area (Å²) in [5, 5.41) is 9.23. The minimum atomic E-state index is -1.14. The number of carboxylic acids is 1. The van der Waals surface area contributed by atoms with E-state index in [0.29, 0.717) is 49.1 Å². The van der Waals surface area contributed by atoms with E-state index in [2.05, 4.69) is 0 Å². The first-order valence-electron chi connectivity index (χ1n) is 9.34. The zero-order valence-electron chi connectivity index (χ0n) is 15.6. The summed E-state index contributed by atoms with van der Waals surface area (Å²) >= 11 is 0. The van der Waals surface area contributed by atoms with Crippen molar-refractivity contribution >= 4 is 29.2 Å². The van der Waals surface area contributed by atoms with Gasteiger partial charge in [-0.15, -0.1) is 0 Å². The van der Waals surface area contributed by atoms with E-state index in [1.165, 1.54) is 4.90 Å². The summed E-state index contributed by atoms with van der Waals surface area (Å²) in [6, 6.07) is 13.7. The first-order valence-corrected chi connectivity index (χ1v) is 9.34. The summed E-state index contributed by atoms with van der Waals surface area (Å²) in [7, 11) is 0. The molecule has 0 aliphatic carbocycles. The summed E-state index contributed by atoms with van der Waals surface area (Å²) in [6.45, 7) is 0.776. The molecular weight excluding hydrogens is 376 g/mol. The Hall–Kier alpha value is -3.55. The van der Waals surface area contributed by atoms with Crippen molar-refractivity contribution in [2.45, 2.75) is 6.42 Å². The molecule has 1 N–H and O–H groups in total. The molecule has 1 fully saturated rings. The van der Waals surface area contributed by atoms with Gasteiger partial charge >= 0.3 is 5.97 Å². The molecule has 1 saturated heterocycles. The van der Waals surface area contributed by atoms with E-state index in [4.69, 9.17) is 9.47 Å². The average Bonchev–Trinajstić information content (AvgIpc) is 3.13. The van der Waals surface area contributed by atoms with E-state index in [1.54, 1.807) is 48.5 Å². The molecule has 0 spiro atoms. The maximum Gasteiger partial charge on any atom is 0.323 e. The molecule has 1 atom stereocenters. The van der Waals surface area contributed by atoms with Gasteiger partial charge in [0, 0.05) is 24.0 Å². The summed E-state index contributed by atoms with van der Waals surface area (Å²) < 4.78 is 11.1. The fourth-order valence-electron chi connectivity index (χ4n) is 3.59. The molecule has 8 nitrogen and oxygen atoms in total. The average molecular weight is 396 g/mol. The van der Waals surface area contributed by atoms with Gasteiger partial charge < -0.3 is 24.4 Å². The van der Waals surface area contributed by atoms with Crippen molar-refractivity contribution in [1.82, 2.24) is 0 Å². The molecule has 8 heteroatoms. The van der Waals surface area contributed by atoms with Crippen molar-refractivity contribution in [3.8, 4) is 11.5 Å². The highest BCUT2D eigenvalue weighted by Crippen LogP contribution is 2.36. The van der Waals surface area contributed by atoms with Gasteiger partial charge in [0.2, 0.25) is 11.8 Å². The Labute approximate surface area is 167 Å². The lowest BCUT2D eigenvalue weighted by Gasteiger charge is -2.24. The predicted molar refractivity (Wildman–Crippen MR) is 104 cm³/mol. The number of amides is 2. The molecule has 0 bridgehead atoms. The highest BCUT2D eigenvalue weighted by molar-refractivity contribution is 6.15. The molecule has 2 aromatic carbocycles. The Morgan fingerprint density at radius 2 is 1.79 bits per heavy atom. The van der Waals surface area contributed by atoms with Crippen LogP contribution in [-0.4, -0.2) is 49.2 Å². The number of para-hydroxylation sites is 1. The SMILES string of the molecule is O=C(O)CN(C(=O)C1CCN(c2ccc3c(c2)OCCO3)C1=O)c1ccccc1. The molecule has 1 unspecified atom stereocenters. The van der Waals surface area contributed by atoms with Gasteiger partial charge in [-0.3, -0.25) is 14.4 Å². The van der Waals surface area contributed by atoms with E-state index in [1.807, 2.05) is 0 Å². The predicted octanol–water partition coefficient (Wildman–Crippen LogP) is 1.93. The normalized spacial score (nSPS) is 17.9. The number of ether oxygens (including phenoxy) is 2. The maximum atomic E-state index is 13.1. The van der Waals surface area contributed by atoms with Crippen LogP contribution in [0.3, 0.4) is 0 Å². The summed E-state index contributed by atoms with van der Waals surface area (Å²) in [5.74, 6) is -1.75. The Kier molecular flexibility index (Phi) is 5.07. The van der Waals surface area contributed by atoms with Crippen LogP contribution in [0.5, 0.6) is 11.5 Å². The molecule has 2 heterocycles. The largest absolute Gasteiger partial charge is 0.486 e. The molecule has 0 aromatic heterocycles. The molecular formula is C21H20N2O6. The van der Waals surface area contributed by atoms with Crippen LogP contribution in [-0.2, 0) is 14.4 Å². The molecule has 29 heavy (non-hydrogen) atoms. The second-order valence-corrected chi connectivity index (χ2v) is 6.81. The summed E-state index contributed by atoms with van der Waals surface area (Å²) in [4.78, 5) is 40.0. The van der Waals surface area contributed by atoms with Crippen molar-refractivity contribution in [3.05, 3.63) is 48.5 Å². The van der Waals surface area contributed by atoms with Gasteiger partial charge in [-0.25, -0.2) is 0 Å². The smallest absolute Gasteiger partial charge is 0.323 e. The number of carbonyl (C=O) groups excluding carboxylic acids is 2. The van der Waals surface area contributed by atoms with Gasteiger partial charge in [-0.1, -0.05) is 18.2 Å². The van der Waals surface area contributed by atoms with Crippen LogP contribution in [0, 0.1) is 5.92 Å². The van der Waals surface area contributed by atoms with Gasteiger partial charge in [0.25, 0.3) is 0 Å². The first-order chi connectivity index (χ1) is 14.0. The van der Waals surface area contributed by atoms with E-state index >= 15 is 0 Å². The molecule has 150 valence electrons. The number of hydrogen-bond acceptors (Lipinski definition) is 5. The molecule has 2 amide bonds. The zero-order chi connectivity index (χ0) is 20.4. The van der Waals surface area contributed by atoms with E-state index < -0.39 is 24.3 Å². The van der Waals surface area contributed by atoms with E-state index in [-0.39, 0.29) is 5.91 Å². The number of fused-ring (bicyclic) bond motifs is 1. The van der Waals surface area contributed by atoms with Gasteiger partial charge in [0.15, 0.2) is 11.5 Å². The number of anilines is 2. The van der Waals surface area contributed by atoms with Crippen LogP contribution < -0.4 is 19.3 Å².